The predicted molar refractivity (Wildman–Crippen MR) is 103 cm³/mol. The minimum absolute atomic E-state index is 0.0744. The lowest BCUT2D eigenvalue weighted by Crippen LogP contribution is -1.98. The second kappa shape index (κ2) is 7.43. The van der Waals surface area contributed by atoms with Gasteiger partial charge in [0.2, 0.25) is 14.9 Å². The highest BCUT2D eigenvalue weighted by Gasteiger charge is 2.13. The fraction of sp³-hybridized carbons (Fsp3) is 0.167. The molecule has 148 valence electrons. The third kappa shape index (κ3) is 3.85. The Labute approximate surface area is 165 Å². The number of furan rings is 1. The molecule has 1 aromatic carbocycles. The molecule has 0 bridgehead atoms. The van der Waals surface area contributed by atoms with E-state index in [4.69, 9.17) is 9.15 Å². The average molecular weight is 412 g/mol. The maximum Gasteiger partial charge on any atom is 0.217 e. The van der Waals surface area contributed by atoms with Crippen molar-refractivity contribution in [3.8, 4) is 11.4 Å². The highest BCUT2D eigenvalue weighted by molar-refractivity contribution is 7.90. The van der Waals surface area contributed by atoms with Crippen molar-refractivity contribution in [2.24, 2.45) is 10.2 Å². The number of fused-ring (bicyclic) bond motifs is 1. The molecule has 0 aliphatic rings. The summed E-state index contributed by atoms with van der Waals surface area (Å²) < 4.78 is 35.1. The third-order valence-electron chi connectivity index (χ3n) is 4.04. The van der Waals surface area contributed by atoms with Crippen molar-refractivity contribution in [1.82, 2.24) is 19.7 Å². The lowest BCUT2D eigenvalue weighted by atomic mass is 10.3. The Morgan fingerprint density at radius 2 is 2.07 bits per heavy atom. The number of sulfone groups is 1. The van der Waals surface area contributed by atoms with Crippen LogP contribution in [-0.4, -0.2) is 41.5 Å². The van der Waals surface area contributed by atoms with Gasteiger partial charge < -0.3 is 9.15 Å². The standard InChI is InChI=1S/C18H16N6O4S/c1-27-13-5-3-4-12(8-13)24-18-15(10-22-24)17(19-11-20-18)23-21-9-14-6-7-16(28-14)29(2,25)26/h3-8,10-11H,9H2,1-2H3. The first-order valence-electron chi connectivity index (χ1n) is 8.45. The van der Waals surface area contributed by atoms with E-state index in [-0.39, 0.29) is 11.6 Å². The Bertz CT molecular complexity index is 1310. The number of nitrogens with zero attached hydrogens (tertiary/aromatic N) is 6. The van der Waals surface area contributed by atoms with Gasteiger partial charge in [-0.1, -0.05) is 6.07 Å². The van der Waals surface area contributed by atoms with E-state index in [0.717, 1.165) is 11.9 Å². The van der Waals surface area contributed by atoms with Crippen LogP contribution in [0.15, 0.2) is 68.7 Å². The van der Waals surface area contributed by atoms with E-state index in [1.165, 1.54) is 12.4 Å². The van der Waals surface area contributed by atoms with Gasteiger partial charge in [0.15, 0.2) is 11.5 Å². The summed E-state index contributed by atoms with van der Waals surface area (Å²) in [4.78, 5) is 8.44. The number of hydrogen-bond acceptors (Lipinski definition) is 9. The number of rotatable bonds is 6. The van der Waals surface area contributed by atoms with Crippen LogP contribution in [0.5, 0.6) is 5.75 Å². The predicted octanol–water partition coefficient (Wildman–Crippen LogP) is 3.10. The first kappa shape index (κ1) is 18.7. The first-order chi connectivity index (χ1) is 14.0. The highest BCUT2D eigenvalue weighted by Crippen LogP contribution is 2.25. The highest BCUT2D eigenvalue weighted by atomic mass is 32.2. The van der Waals surface area contributed by atoms with Crippen molar-refractivity contribution >= 4 is 26.7 Å². The molecule has 4 aromatic rings. The van der Waals surface area contributed by atoms with Crippen molar-refractivity contribution in [3.05, 3.63) is 54.7 Å². The molecule has 10 nitrogen and oxygen atoms in total. The molecule has 4 rings (SSSR count). The van der Waals surface area contributed by atoms with Crippen LogP contribution in [0.3, 0.4) is 0 Å². The van der Waals surface area contributed by atoms with E-state index >= 15 is 0 Å². The van der Waals surface area contributed by atoms with Gasteiger partial charge in [0, 0.05) is 12.3 Å². The van der Waals surface area contributed by atoms with Gasteiger partial charge in [-0.2, -0.15) is 10.2 Å². The number of methoxy groups -OCH3 is 1. The maximum absolute atomic E-state index is 11.5. The number of hydrogen-bond donors (Lipinski definition) is 0. The molecule has 0 amide bonds. The number of benzene rings is 1. The monoisotopic (exact) mass is 412 g/mol. The summed E-state index contributed by atoms with van der Waals surface area (Å²) in [6.45, 7) is 0.0744. The van der Waals surface area contributed by atoms with E-state index < -0.39 is 9.84 Å². The van der Waals surface area contributed by atoms with E-state index in [1.807, 2.05) is 24.3 Å². The van der Waals surface area contributed by atoms with Crippen LogP contribution < -0.4 is 4.74 Å². The molecule has 29 heavy (non-hydrogen) atoms. The summed E-state index contributed by atoms with van der Waals surface area (Å²) in [7, 11) is -1.80. The van der Waals surface area contributed by atoms with Crippen molar-refractivity contribution in [2.45, 2.75) is 11.6 Å². The van der Waals surface area contributed by atoms with Crippen molar-refractivity contribution in [1.29, 1.82) is 0 Å². The molecule has 0 radical (unpaired) electrons. The lowest BCUT2D eigenvalue weighted by molar-refractivity contribution is 0.414. The molecule has 3 heterocycles. The van der Waals surface area contributed by atoms with Gasteiger partial charge in [0.25, 0.3) is 0 Å². The van der Waals surface area contributed by atoms with E-state index in [0.29, 0.717) is 28.4 Å². The minimum Gasteiger partial charge on any atom is -0.497 e. The van der Waals surface area contributed by atoms with Crippen molar-refractivity contribution < 1.29 is 17.6 Å². The Morgan fingerprint density at radius 3 is 2.83 bits per heavy atom. The van der Waals surface area contributed by atoms with Crippen LogP contribution in [0.25, 0.3) is 16.7 Å². The van der Waals surface area contributed by atoms with Crippen molar-refractivity contribution in [2.75, 3.05) is 13.4 Å². The SMILES string of the molecule is COc1cccc(-n2ncc3c(N=NCc4ccc(S(C)(=O)=O)o4)ncnc32)c1. The summed E-state index contributed by atoms with van der Waals surface area (Å²) in [5, 5.41) is 13.1. The Kier molecular flexibility index (Phi) is 4.80. The van der Waals surface area contributed by atoms with E-state index in [1.54, 1.807) is 24.1 Å². The van der Waals surface area contributed by atoms with Gasteiger partial charge in [-0.05, 0) is 24.3 Å². The summed E-state index contributed by atoms with van der Waals surface area (Å²) >= 11 is 0. The zero-order valence-corrected chi connectivity index (χ0v) is 16.4. The molecular formula is C18H16N6O4S. The van der Waals surface area contributed by atoms with E-state index in [9.17, 15) is 8.42 Å². The normalized spacial score (nSPS) is 12.1. The van der Waals surface area contributed by atoms with Crippen LogP contribution in [0.2, 0.25) is 0 Å². The molecular weight excluding hydrogens is 396 g/mol. The second-order valence-electron chi connectivity index (χ2n) is 6.08. The van der Waals surface area contributed by atoms with E-state index in [2.05, 4.69) is 25.3 Å². The van der Waals surface area contributed by atoms with Gasteiger partial charge >= 0.3 is 0 Å². The van der Waals surface area contributed by atoms with Gasteiger partial charge in [0.05, 0.1) is 24.4 Å². The second-order valence-corrected chi connectivity index (χ2v) is 8.03. The van der Waals surface area contributed by atoms with Gasteiger partial charge in [0.1, 0.15) is 24.4 Å². The zero-order valence-electron chi connectivity index (χ0n) is 15.6. The molecule has 11 heteroatoms. The Hall–Kier alpha value is -3.60. The molecule has 0 saturated carbocycles. The number of aromatic nitrogens is 4. The summed E-state index contributed by atoms with van der Waals surface area (Å²) in [6.07, 6.45) is 4.07. The van der Waals surface area contributed by atoms with Gasteiger partial charge in [-0.15, -0.1) is 5.11 Å². The van der Waals surface area contributed by atoms with Gasteiger partial charge in [-0.25, -0.2) is 23.1 Å². The molecule has 0 spiro atoms. The molecule has 0 atom stereocenters. The van der Waals surface area contributed by atoms with Crippen LogP contribution in [0, 0.1) is 0 Å². The quantitative estimate of drug-likeness (QED) is 0.446. The number of ether oxygens (including phenoxy) is 1. The maximum atomic E-state index is 11.5. The molecule has 0 N–H and O–H groups in total. The summed E-state index contributed by atoms with van der Waals surface area (Å²) in [6, 6.07) is 10.4. The molecule has 0 saturated heterocycles. The summed E-state index contributed by atoms with van der Waals surface area (Å²) in [5.41, 5.74) is 1.35. The number of azo groups is 1. The van der Waals surface area contributed by atoms with Gasteiger partial charge in [-0.3, -0.25) is 0 Å². The Morgan fingerprint density at radius 1 is 1.21 bits per heavy atom. The molecule has 0 unspecified atom stereocenters. The van der Waals surface area contributed by atoms with Crippen LogP contribution in [0.4, 0.5) is 5.82 Å². The first-order valence-corrected chi connectivity index (χ1v) is 10.3. The smallest absolute Gasteiger partial charge is 0.217 e. The molecule has 0 aliphatic heterocycles. The Balaban J connectivity index is 1.61. The van der Waals surface area contributed by atoms with Crippen LogP contribution in [-0.2, 0) is 16.4 Å². The van der Waals surface area contributed by atoms with Crippen LogP contribution >= 0.6 is 0 Å². The average Bonchev–Trinajstić information content (AvgIpc) is 3.35. The topological polar surface area (TPSA) is 125 Å². The zero-order chi connectivity index (χ0) is 20.4. The fourth-order valence-corrected chi connectivity index (χ4v) is 3.23. The molecule has 0 fully saturated rings. The largest absolute Gasteiger partial charge is 0.497 e. The summed E-state index contributed by atoms with van der Waals surface area (Å²) in [5.74, 6) is 1.43. The third-order valence-corrected chi connectivity index (χ3v) is 4.99. The fourth-order valence-electron chi connectivity index (χ4n) is 2.66. The minimum atomic E-state index is -3.40. The molecule has 0 aliphatic carbocycles. The molecule has 3 aromatic heterocycles. The lowest BCUT2D eigenvalue weighted by Gasteiger charge is -2.05. The van der Waals surface area contributed by atoms with Crippen LogP contribution in [0.1, 0.15) is 5.76 Å². The van der Waals surface area contributed by atoms with Crippen molar-refractivity contribution in [3.63, 3.8) is 0 Å².